The number of hydrogen-bond donors (Lipinski definition) is 1. The smallest absolute Gasteiger partial charge is 0.286 e. The van der Waals surface area contributed by atoms with Gasteiger partial charge in [0.15, 0.2) is 0 Å². The lowest BCUT2D eigenvalue weighted by Gasteiger charge is -2.01. The van der Waals surface area contributed by atoms with E-state index in [0.29, 0.717) is 0 Å². The van der Waals surface area contributed by atoms with Crippen LogP contribution in [0.2, 0.25) is 0 Å². The first kappa shape index (κ1) is 25.0. The summed E-state index contributed by atoms with van der Waals surface area (Å²) in [5.41, 5.74) is 0. The number of allylic oxidation sites excluding steroid dienone is 12. The highest BCUT2D eigenvalue weighted by Gasteiger charge is 2.30. The first-order valence-corrected chi connectivity index (χ1v) is 11.5. The molecule has 0 aromatic heterocycles. The highest BCUT2D eigenvalue weighted by molar-refractivity contribution is 8.15. The van der Waals surface area contributed by atoms with E-state index >= 15 is 0 Å². The third-order valence-electron chi connectivity index (χ3n) is 4.20. The van der Waals surface area contributed by atoms with Crippen molar-refractivity contribution in [1.29, 1.82) is 0 Å². The van der Waals surface area contributed by atoms with Crippen LogP contribution in [0.25, 0.3) is 0 Å². The summed E-state index contributed by atoms with van der Waals surface area (Å²) in [6.45, 7) is 2.15. The van der Waals surface area contributed by atoms with Crippen LogP contribution in [0.3, 0.4) is 0 Å². The molecule has 0 aromatic carbocycles. The molecule has 0 aliphatic carbocycles. The molecule has 1 aliphatic rings. The number of rotatable bonds is 15. The summed E-state index contributed by atoms with van der Waals surface area (Å²) in [6, 6.07) is 0. The molecule has 4 heteroatoms. The van der Waals surface area contributed by atoms with Gasteiger partial charge in [-0.1, -0.05) is 91.6 Å². The van der Waals surface area contributed by atoms with Crippen molar-refractivity contribution in [2.75, 3.05) is 0 Å². The van der Waals surface area contributed by atoms with Crippen LogP contribution in [0, 0.1) is 0 Å². The van der Waals surface area contributed by atoms with Crippen molar-refractivity contribution >= 4 is 22.9 Å². The lowest BCUT2D eigenvalue weighted by atomic mass is 10.1. The Hall–Kier alpha value is -2.07. The number of hydrogen-bond acceptors (Lipinski definition) is 3. The van der Waals surface area contributed by atoms with Crippen molar-refractivity contribution in [2.24, 2.45) is 0 Å². The molecule has 1 unspecified atom stereocenters. The SMILES string of the molecule is CC/C=C\C/C=C\C/C=C\C/C=C\C/C=C\C/C=C\CCCC1SC(=O)NC1=O. The molecular formula is C25H35NO2S. The molecule has 2 amide bonds. The molecule has 1 fully saturated rings. The van der Waals surface area contributed by atoms with E-state index in [0.717, 1.165) is 69.5 Å². The maximum Gasteiger partial charge on any atom is 0.286 e. The number of imide groups is 1. The Bertz CT molecular complexity index is 641. The molecule has 0 bridgehead atoms. The van der Waals surface area contributed by atoms with Crippen molar-refractivity contribution in [1.82, 2.24) is 5.32 Å². The molecule has 0 saturated carbocycles. The minimum atomic E-state index is -0.214. The van der Waals surface area contributed by atoms with Gasteiger partial charge >= 0.3 is 0 Å². The molecule has 29 heavy (non-hydrogen) atoms. The number of nitrogens with one attached hydrogen (secondary N) is 1. The Balaban J connectivity index is 1.94. The van der Waals surface area contributed by atoms with Gasteiger partial charge in [0.1, 0.15) is 0 Å². The zero-order valence-electron chi connectivity index (χ0n) is 17.6. The standard InChI is InChI=1S/C25H35NO2S/c1-2-3-4-5-6-7-8-9-10-11-12-13-14-15-16-17-18-19-20-21-22-23-24(27)26-25(28)29-23/h3-4,6-7,9-10,12-13,15-16,18-19,23H,2,5,8,11,14,17,20-22H2,1H3,(H,26,27,28)/b4-3-,7-6-,10-9-,13-12-,16-15-,19-18-. The molecule has 1 N–H and O–H groups in total. The van der Waals surface area contributed by atoms with Crippen LogP contribution in [0.5, 0.6) is 0 Å². The first-order valence-electron chi connectivity index (χ1n) is 10.7. The largest absolute Gasteiger partial charge is 0.286 e. The maximum atomic E-state index is 11.4. The van der Waals surface area contributed by atoms with E-state index in [1.54, 1.807) is 0 Å². The number of unbranched alkanes of at least 4 members (excludes halogenated alkanes) is 1. The van der Waals surface area contributed by atoms with Crippen LogP contribution < -0.4 is 5.32 Å². The molecule has 0 aromatic rings. The van der Waals surface area contributed by atoms with E-state index in [4.69, 9.17) is 0 Å². The van der Waals surface area contributed by atoms with Gasteiger partial charge in [-0.2, -0.15) is 0 Å². The third-order valence-corrected chi connectivity index (χ3v) is 5.25. The average molecular weight is 414 g/mol. The van der Waals surface area contributed by atoms with Gasteiger partial charge in [-0.15, -0.1) is 0 Å². The first-order chi connectivity index (χ1) is 14.2. The highest BCUT2D eigenvalue weighted by Crippen LogP contribution is 2.23. The van der Waals surface area contributed by atoms with Gasteiger partial charge in [0.05, 0.1) is 5.25 Å². The summed E-state index contributed by atoms with van der Waals surface area (Å²) in [7, 11) is 0. The molecule has 1 atom stereocenters. The van der Waals surface area contributed by atoms with Gasteiger partial charge in [0, 0.05) is 0 Å². The zero-order valence-corrected chi connectivity index (χ0v) is 18.4. The van der Waals surface area contributed by atoms with Crippen molar-refractivity contribution in [3.05, 3.63) is 72.9 Å². The van der Waals surface area contributed by atoms with Crippen LogP contribution in [-0.2, 0) is 4.79 Å². The summed E-state index contributed by atoms with van der Waals surface area (Å²) in [4.78, 5) is 22.5. The Morgan fingerprint density at radius 2 is 1.17 bits per heavy atom. The monoisotopic (exact) mass is 413 g/mol. The lowest BCUT2D eigenvalue weighted by Crippen LogP contribution is -2.23. The molecule has 1 saturated heterocycles. The van der Waals surface area contributed by atoms with Gasteiger partial charge in [-0.3, -0.25) is 14.9 Å². The van der Waals surface area contributed by atoms with Crippen LogP contribution in [0.4, 0.5) is 4.79 Å². The van der Waals surface area contributed by atoms with E-state index < -0.39 is 0 Å². The maximum absolute atomic E-state index is 11.4. The molecule has 0 radical (unpaired) electrons. The van der Waals surface area contributed by atoms with E-state index in [2.05, 4.69) is 85.2 Å². The number of carbonyl (C=O) groups is 2. The van der Waals surface area contributed by atoms with Crippen molar-refractivity contribution in [3.63, 3.8) is 0 Å². The minimum Gasteiger partial charge on any atom is -0.286 e. The Morgan fingerprint density at radius 1 is 0.724 bits per heavy atom. The van der Waals surface area contributed by atoms with E-state index in [1.807, 2.05) is 0 Å². The zero-order chi connectivity index (χ0) is 21.0. The summed E-state index contributed by atoms with van der Waals surface area (Å²) < 4.78 is 0. The molecule has 1 heterocycles. The predicted octanol–water partition coefficient (Wildman–Crippen LogP) is 7.21. The number of carbonyl (C=O) groups excluding carboxylic acids is 2. The molecular weight excluding hydrogens is 378 g/mol. The quantitative estimate of drug-likeness (QED) is 0.228. The topological polar surface area (TPSA) is 46.2 Å². The van der Waals surface area contributed by atoms with E-state index in [9.17, 15) is 9.59 Å². The summed E-state index contributed by atoms with van der Waals surface area (Å²) in [6.07, 6.45) is 35.0. The Labute approximate surface area is 180 Å². The van der Waals surface area contributed by atoms with Gasteiger partial charge < -0.3 is 0 Å². The number of amides is 2. The summed E-state index contributed by atoms with van der Waals surface area (Å²) in [5, 5.41) is 1.92. The van der Waals surface area contributed by atoms with Crippen molar-refractivity contribution < 1.29 is 9.59 Å². The molecule has 158 valence electrons. The van der Waals surface area contributed by atoms with Gasteiger partial charge in [-0.05, 0) is 57.8 Å². The summed E-state index contributed by atoms with van der Waals surface area (Å²) in [5.74, 6) is -0.136. The Kier molecular flexibility index (Phi) is 15.5. The van der Waals surface area contributed by atoms with Gasteiger partial charge in [0.2, 0.25) is 5.91 Å². The predicted molar refractivity (Wildman–Crippen MR) is 127 cm³/mol. The second-order valence-corrected chi connectivity index (χ2v) is 7.90. The third kappa shape index (κ3) is 14.6. The van der Waals surface area contributed by atoms with Crippen LogP contribution in [-0.4, -0.2) is 16.4 Å². The van der Waals surface area contributed by atoms with Crippen LogP contribution in [0.15, 0.2) is 72.9 Å². The fourth-order valence-electron chi connectivity index (χ4n) is 2.64. The van der Waals surface area contributed by atoms with Crippen molar-refractivity contribution in [2.45, 2.75) is 70.0 Å². The molecule has 3 nitrogen and oxygen atoms in total. The molecule has 1 aliphatic heterocycles. The normalized spacial score (nSPS) is 18.2. The molecule has 1 rings (SSSR count). The second-order valence-electron chi connectivity index (χ2n) is 6.73. The van der Waals surface area contributed by atoms with Gasteiger partial charge in [-0.25, -0.2) is 0 Å². The molecule has 0 spiro atoms. The fourth-order valence-corrected chi connectivity index (χ4v) is 3.51. The lowest BCUT2D eigenvalue weighted by molar-refractivity contribution is -0.119. The highest BCUT2D eigenvalue weighted by atomic mass is 32.2. The average Bonchev–Trinajstić information content (AvgIpc) is 3.03. The van der Waals surface area contributed by atoms with Gasteiger partial charge in [0.25, 0.3) is 5.24 Å². The fraction of sp³-hybridized carbons (Fsp3) is 0.440. The summed E-state index contributed by atoms with van der Waals surface area (Å²) >= 11 is 1.11. The van der Waals surface area contributed by atoms with E-state index in [1.165, 1.54) is 0 Å². The Morgan fingerprint density at radius 3 is 1.59 bits per heavy atom. The van der Waals surface area contributed by atoms with Crippen LogP contribution in [0.1, 0.15) is 64.7 Å². The second kappa shape index (κ2) is 18.0. The number of thioether (sulfide) groups is 1. The minimum absolute atomic E-state index is 0.136. The van der Waals surface area contributed by atoms with Crippen molar-refractivity contribution in [3.8, 4) is 0 Å². The van der Waals surface area contributed by atoms with E-state index in [-0.39, 0.29) is 16.4 Å². The van der Waals surface area contributed by atoms with Crippen LogP contribution >= 0.6 is 11.8 Å².